The van der Waals surface area contributed by atoms with Gasteiger partial charge < -0.3 is 5.11 Å². The van der Waals surface area contributed by atoms with Crippen LogP contribution in [0.1, 0.15) is 6.92 Å². The lowest BCUT2D eigenvalue weighted by Gasteiger charge is -2.00. The third-order valence-corrected chi connectivity index (χ3v) is 2.85. The molecule has 0 aliphatic carbocycles. The number of benzene rings is 1. The first-order chi connectivity index (χ1) is 7.54. The van der Waals surface area contributed by atoms with Gasteiger partial charge in [-0.05, 0) is 43.0 Å². The molecule has 0 amide bonds. The van der Waals surface area contributed by atoms with Crippen molar-refractivity contribution >= 4 is 28.5 Å². The topological polar surface area (TPSA) is 61.1 Å². The second-order valence-corrected chi connectivity index (χ2v) is 4.40. The van der Waals surface area contributed by atoms with Crippen molar-refractivity contribution in [2.75, 3.05) is 0 Å². The molecule has 0 saturated carbocycles. The predicted molar refractivity (Wildman–Crippen MR) is 63.3 cm³/mol. The van der Waals surface area contributed by atoms with Crippen LogP contribution in [-0.4, -0.2) is 10.2 Å². The van der Waals surface area contributed by atoms with E-state index in [1.54, 1.807) is 30.3 Å². The Morgan fingerprint density at radius 3 is 2.44 bits per heavy atom. The van der Waals surface area contributed by atoms with E-state index in [2.05, 4.69) is 0 Å². The summed E-state index contributed by atoms with van der Waals surface area (Å²) in [5.74, 6) is -0.269. The average molecular weight is 254 g/mol. The molecule has 0 spiro atoms. The van der Waals surface area contributed by atoms with Crippen LogP contribution < -0.4 is 0 Å². The highest BCUT2D eigenvalue weighted by molar-refractivity contribution is 8.14. The van der Waals surface area contributed by atoms with Crippen molar-refractivity contribution in [2.24, 2.45) is 0 Å². The molecule has 5 heteroatoms. The van der Waals surface area contributed by atoms with E-state index in [0.717, 1.165) is 11.8 Å². The Hall–Kier alpha value is -1.44. The Morgan fingerprint density at radius 1 is 1.44 bits per heavy atom. The molecule has 0 atom stereocenters. The molecule has 0 saturated heterocycles. The first kappa shape index (κ1) is 12.6. The highest BCUT2D eigenvalue weighted by Crippen LogP contribution is 2.24. The van der Waals surface area contributed by atoms with Crippen molar-refractivity contribution in [3.63, 3.8) is 0 Å². The van der Waals surface area contributed by atoms with Gasteiger partial charge in [-0.1, -0.05) is 11.6 Å². The lowest BCUT2D eigenvalue weighted by Crippen LogP contribution is -1.98. The molecule has 0 radical (unpaired) electrons. The number of hydrogen-bond acceptors (Lipinski definition) is 4. The van der Waals surface area contributed by atoms with Gasteiger partial charge in [0, 0.05) is 9.92 Å². The SMILES string of the molecule is CC(O)=C(C#N)C(=O)Sc1ccc(Cl)cc1. The van der Waals surface area contributed by atoms with Crippen LogP contribution in [0.4, 0.5) is 0 Å². The monoisotopic (exact) mass is 253 g/mol. The largest absolute Gasteiger partial charge is 0.511 e. The predicted octanol–water partition coefficient (Wildman–Crippen LogP) is 3.31. The number of nitrogens with zero attached hydrogens (tertiary/aromatic N) is 1. The van der Waals surface area contributed by atoms with E-state index in [9.17, 15) is 4.79 Å². The summed E-state index contributed by atoms with van der Waals surface area (Å²) in [5, 5.41) is 17.9. The van der Waals surface area contributed by atoms with Gasteiger partial charge >= 0.3 is 0 Å². The molecular weight excluding hydrogens is 246 g/mol. The summed E-state index contributed by atoms with van der Waals surface area (Å²) in [4.78, 5) is 12.2. The van der Waals surface area contributed by atoms with Crippen LogP contribution in [0.5, 0.6) is 0 Å². The highest BCUT2D eigenvalue weighted by atomic mass is 35.5. The maximum absolute atomic E-state index is 11.6. The molecular formula is C11H8ClNO2S. The molecule has 1 aromatic rings. The third kappa shape index (κ3) is 3.30. The normalized spacial score (nSPS) is 11.6. The molecule has 1 rings (SSSR count). The Morgan fingerprint density at radius 2 is 2.00 bits per heavy atom. The van der Waals surface area contributed by atoms with Gasteiger partial charge in [-0.3, -0.25) is 4.79 Å². The maximum Gasteiger partial charge on any atom is 0.238 e. The van der Waals surface area contributed by atoms with Gasteiger partial charge in [0.05, 0.1) is 0 Å². The first-order valence-electron chi connectivity index (χ1n) is 4.32. The molecule has 1 N–H and O–H groups in total. The molecule has 3 nitrogen and oxygen atoms in total. The van der Waals surface area contributed by atoms with Crippen molar-refractivity contribution < 1.29 is 9.90 Å². The first-order valence-corrected chi connectivity index (χ1v) is 5.51. The number of aliphatic hydroxyl groups is 1. The van der Waals surface area contributed by atoms with E-state index in [1.165, 1.54) is 6.92 Å². The molecule has 0 aromatic heterocycles. The molecule has 16 heavy (non-hydrogen) atoms. The zero-order valence-corrected chi connectivity index (χ0v) is 9.97. The van der Waals surface area contributed by atoms with Gasteiger partial charge in [-0.25, -0.2) is 0 Å². The van der Waals surface area contributed by atoms with E-state index in [0.29, 0.717) is 9.92 Å². The zero-order valence-electron chi connectivity index (χ0n) is 8.40. The van der Waals surface area contributed by atoms with Crippen molar-refractivity contribution in [1.82, 2.24) is 0 Å². The van der Waals surface area contributed by atoms with Crippen LogP contribution in [-0.2, 0) is 4.79 Å². The number of thioether (sulfide) groups is 1. The van der Waals surface area contributed by atoms with E-state index < -0.39 is 5.12 Å². The molecule has 0 bridgehead atoms. The van der Waals surface area contributed by atoms with Gasteiger partial charge in [-0.15, -0.1) is 0 Å². The number of rotatable bonds is 2. The second kappa shape index (κ2) is 5.59. The number of carbonyl (C=O) groups is 1. The molecule has 0 fully saturated rings. The van der Waals surface area contributed by atoms with E-state index in [1.807, 2.05) is 0 Å². The van der Waals surface area contributed by atoms with Gasteiger partial charge in [0.2, 0.25) is 5.12 Å². The third-order valence-electron chi connectivity index (χ3n) is 1.70. The van der Waals surface area contributed by atoms with Crippen LogP contribution in [0.2, 0.25) is 5.02 Å². The fraction of sp³-hybridized carbons (Fsp3) is 0.0909. The smallest absolute Gasteiger partial charge is 0.238 e. The van der Waals surface area contributed by atoms with Gasteiger partial charge in [-0.2, -0.15) is 5.26 Å². The highest BCUT2D eigenvalue weighted by Gasteiger charge is 2.14. The summed E-state index contributed by atoms with van der Waals surface area (Å²) >= 11 is 6.57. The van der Waals surface area contributed by atoms with Crippen molar-refractivity contribution in [3.05, 3.63) is 40.6 Å². The maximum atomic E-state index is 11.6. The number of halogens is 1. The van der Waals surface area contributed by atoms with E-state index in [4.69, 9.17) is 22.0 Å². The van der Waals surface area contributed by atoms with Gasteiger partial charge in [0.1, 0.15) is 17.4 Å². The minimum Gasteiger partial charge on any atom is -0.511 e. The Balaban J connectivity index is 2.84. The van der Waals surface area contributed by atoms with Crippen LogP contribution in [0.3, 0.4) is 0 Å². The minimum absolute atomic E-state index is 0.236. The number of aliphatic hydroxyl groups excluding tert-OH is 1. The average Bonchev–Trinajstić information content (AvgIpc) is 2.22. The van der Waals surface area contributed by atoms with Gasteiger partial charge in [0.25, 0.3) is 0 Å². The van der Waals surface area contributed by atoms with Crippen LogP contribution in [0.25, 0.3) is 0 Å². The second-order valence-electron chi connectivity index (χ2n) is 2.92. The molecule has 1 aromatic carbocycles. The van der Waals surface area contributed by atoms with Crippen LogP contribution in [0.15, 0.2) is 40.5 Å². The molecule has 0 aliphatic rings. The summed E-state index contributed by atoms with van der Waals surface area (Å²) in [6.45, 7) is 1.30. The summed E-state index contributed by atoms with van der Waals surface area (Å²) in [6, 6.07) is 8.32. The van der Waals surface area contributed by atoms with Crippen LogP contribution >= 0.6 is 23.4 Å². The number of nitriles is 1. The minimum atomic E-state index is -0.482. The fourth-order valence-corrected chi connectivity index (χ4v) is 1.84. The number of hydrogen-bond donors (Lipinski definition) is 1. The summed E-state index contributed by atoms with van der Waals surface area (Å²) < 4.78 is 0. The quantitative estimate of drug-likeness (QED) is 0.380. The standard InChI is InChI=1S/C11H8ClNO2S/c1-7(14)10(6-13)11(15)16-9-4-2-8(12)3-5-9/h2-5,14H,1H3. The zero-order chi connectivity index (χ0) is 12.1. The van der Waals surface area contributed by atoms with Crippen LogP contribution in [0, 0.1) is 11.3 Å². The Bertz CT molecular complexity index is 470. The molecule has 0 unspecified atom stereocenters. The van der Waals surface area contributed by atoms with Crippen molar-refractivity contribution in [3.8, 4) is 6.07 Å². The van der Waals surface area contributed by atoms with Crippen molar-refractivity contribution in [1.29, 1.82) is 5.26 Å². The number of carbonyl (C=O) groups excluding carboxylic acids is 1. The summed E-state index contributed by atoms with van der Waals surface area (Å²) in [5.41, 5.74) is -0.236. The Labute approximate surface area is 102 Å². The Kier molecular flexibility index (Phi) is 4.41. The molecule has 82 valence electrons. The fourth-order valence-electron chi connectivity index (χ4n) is 0.935. The summed E-state index contributed by atoms with van der Waals surface area (Å²) in [6.07, 6.45) is 0. The summed E-state index contributed by atoms with van der Waals surface area (Å²) in [7, 11) is 0. The van der Waals surface area contributed by atoms with Gasteiger partial charge in [0.15, 0.2) is 0 Å². The van der Waals surface area contributed by atoms with Crippen molar-refractivity contribution in [2.45, 2.75) is 11.8 Å². The van der Waals surface area contributed by atoms with E-state index >= 15 is 0 Å². The lowest BCUT2D eigenvalue weighted by molar-refractivity contribution is -0.107. The molecule has 0 heterocycles. The van der Waals surface area contributed by atoms with E-state index in [-0.39, 0.29) is 11.3 Å². The number of allylic oxidation sites excluding steroid dienone is 1. The lowest BCUT2D eigenvalue weighted by atomic mass is 10.3. The molecule has 0 aliphatic heterocycles.